The van der Waals surface area contributed by atoms with Crippen LogP contribution in [0.2, 0.25) is 0 Å². The van der Waals surface area contributed by atoms with Crippen LogP contribution in [0.15, 0.2) is 23.1 Å². The van der Waals surface area contributed by atoms with Crippen LogP contribution in [-0.2, 0) is 10.3 Å². The summed E-state index contributed by atoms with van der Waals surface area (Å²) < 4.78 is 5.38. The minimum absolute atomic E-state index is 0.0898. The lowest BCUT2D eigenvalue weighted by molar-refractivity contribution is -0.131. The van der Waals surface area contributed by atoms with Crippen LogP contribution in [-0.4, -0.2) is 43.3 Å². The second-order valence-electron chi connectivity index (χ2n) is 6.04. The standard InChI is InChI=1S/C16H20N2O2S/c1-20-12-2-3-13-14(9-12)21-7-6-18-15(19)8-11-10-17-5-4-16(11,13)18/h2-3,9,11,17H,4-8,10H2,1H3/t11-,16+/m0/s1. The molecule has 0 bridgehead atoms. The number of hydrogen-bond donors (Lipinski definition) is 1. The summed E-state index contributed by atoms with van der Waals surface area (Å²) >= 11 is 1.85. The summed E-state index contributed by atoms with van der Waals surface area (Å²) in [4.78, 5) is 16.0. The Labute approximate surface area is 129 Å². The van der Waals surface area contributed by atoms with Gasteiger partial charge in [-0.1, -0.05) is 6.07 Å². The van der Waals surface area contributed by atoms with Gasteiger partial charge in [0.2, 0.25) is 5.91 Å². The Morgan fingerprint density at radius 1 is 1.48 bits per heavy atom. The molecule has 5 heteroatoms. The zero-order chi connectivity index (χ0) is 14.4. The van der Waals surface area contributed by atoms with Gasteiger partial charge < -0.3 is 15.0 Å². The number of methoxy groups -OCH3 is 1. The van der Waals surface area contributed by atoms with Gasteiger partial charge in [-0.2, -0.15) is 0 Å². The van der Waals surface area contributed by atoms with E-state index in [1.54, 1.807) is 7.11 Å². The summed E-state index contributed by atoms with van der Waals surface area (Å²) in [6.07, 6.45) is 1.70. The van der Waals surface area contributed by atoms with Crippen molar-refractivity contribution in [2.24, 2.45) is 5.92 Å². The molecule has 4 nitrogen and oxygen atoms in total. The molecule has 3 aliphatic rings. The molecule has 112 valence electrons. The number of amides is 1. The maximum absolute atomic E-state index is 12.5. The fourth-order valence-corrected chi connectivity index (χ4v) is 5.34. The number of thioether (sulfide) groups is 1. The van der Waals surface area contributed by atoms with Crippen molar-refractivity contribution in [1.29, 1.82) is 0 Å². The number of carbonyl (C=O) groups is 1. The number of fused-ring (bicyclic) bond motifs is 1. The molecule has 3 aliphatic heterocycles. The number of ether oxygens (including phenoxy) is 1. The SMILES string of the molecule is COc1ccc2c(c1)SCCN1C(=O)C[C@H]3CNCC[C@]231. The molecular weight excluding hydrogens is 284 g/mol. The van der Waals surface area contributed by atoms with Gasteiger partial charge in [-0.3, -0.25) is 4.79 Å². The van der Waals surface area contributed by atoms with Crippen molar-refractivity contribution in [2.45, 2.75) is 23.3 Å². The molecule has 2 saturated heterocycles. The molecule has 1 aromatic rings. The highest BCUT2D eigenvalue weighted by Gasteiger charge is 2.55. The van der Waals surface area contributed by atoms with Gasteiger partial charge in [0.15, 0.2) is 0 Å². The lowest BCUT2D eigenvalue weighted by atomic mass is 9.74. The smallest absolute Gasteiger partial charge is 0.223 e. The van der Waals surface area contributed by atoms with Crippen LogP contribution >= 0.6 is 11.8 Å². The largest absolute Gasteiger partial charge is 0.497 e. The molecular formula is C16H20N2O2S. The number of rotatable bonds is 1. The number of carbonyl (C=O) groups excluding carboxylic acids is 1. The third-order valence-electron chi connectivity index (χ3n) is 5.18. The van der Waals surface area contributed by atoms with Crippen LogP contribution in [0.5, 0.6) is 5.75 Å². The fraction of sp³-hybridized carbons (Fsp3) is 0.562. The van der Waals surface area contributed by atoms with E-state index >= 15 is 0 Å². The van der Waals surface area contributed by atoms with E-state index in [9.17, 15) is 4.79 Å². The Balaban J connectivity index is 1.90. The molecule has 2 fully saturated rings. The molecule has 1 aromatic carbocycles. The Bertz CT molecular complexity index is 592. The average Bonchev–Trinajstić information content (AvgIpc) is 2.70. The van der Waals surface area contributed by atoms with Gasteiger partial charge in [-0.15, -0.1) is 11.8 Å². The topological polar surface area (TPSA) is 41.6 Å². The van der Waals surface area contributed by atoms with E-state index in [1.165, 1.54) is 10.5 Å². The van der Waals surface area contributed by atoms with E-state index in [0.29, 0.717) is 18.2 Å². The van der Waals surface area contributed by atoms with Crippen molar-refractivity contribution in [2.75, 3.05) is 32.5 Å². The molecule has 0 unspecified atom stereocenters. The van der Waals surface area contributed by atoms with Crippen LogP contribution in [0.3, 0.4) is 0 Å². The molecule has 21 heavy (non-hydrogen) atoms. The maximum atomic E-state index is 12.5. The van der Waals surface area contributed by atoms with Crippen molar-refractivity contribution in [1.82, 2.24) is 10.2 Å². The third-order valence-corrected chi connectivity index (χ3v) is 6.22. The second kappa shape index (κ2) is 4.92. The highest BCUT2D eigenvalue weighted by atomic mass is 32.2. The summed E-state index contributed by atoms with van der Waals surface area (Å²) in [7, 11) is 1.71. The molecule has 0 aliphatic carbocycles. The molecule has 3 heterocycles. The first-order chi connectivity index (χ1) is 10.3. The third kappa shape index (κ3) is 1.83. The highest BCUT2D eigenvalue weighted by Crippen LogP contribution is 2.52. The van der Waals surface area contributed by atoms with Gasteiger partial charge in [0.1, 0.15) is 5.75 Å². The van der Waals surface area contributed by atoms with E-state index in [1.807, 2.05) is 17.8 Å². The van der Waals surface area contributed by atoms with Crippen LogP contribution in [0, 0.1) is 5.92 Å². The number of benzene rings is 1. The van der Waals surface area contributed by atoms with Gasteiger partial charge in [0.25, 0.3) is 0 Å². The summed E-state index contributed by atoms with van der Waals surface area (Å²) in [5.41, 5.74) is 1.25. The number of nitrogens with zero attached hydrogens (tertiary/aromatic N) is 1. The van der Waals surface area contributed by atoms with Gasteiger partial charge in [0, 0.05) is 36.1 Å². The van der Waals surface area contributed by atoms with Crippen LogP contribution in [0.4, 0.5) is 0 Å². The molecule has 2 atom stereocenters. The van der Waals surface area contributed by atoms with Crippen LogP contribution < -0.4 is 10.1 Å². The summed E-state index contributed by atoms with van der Waals surface area (Å²) in [6.45, 7) is 2.78. The zero-order valence-corrected chi connectivity index (χ0v) is 13.0. The monoisotopic (exact) mass is 304 g/mol. The van der Waals surface area contributed by atoms with Crippen molar-refractivity contribution in [3.63, 3.8) is 0 Å². The van der Waals surface area contributed by atoms with Crippen molar-refractivity contribution in [3.8, 4) is 5.75 Å². The molecule has 0 aromatic heterocycles. The number of piperidine rings is 1. The van der Waals surface area contributed by atoms with Gasteiger partial charge in [0.05, 0.1) is 12.6 Å². The first kappa shape index (κ1) is 13.5. The molecule has 1 N–H and O–H groups in total. The van der Waals surface area contributed by atoms with E-state index < -0.39 is 0 Å². The Kier molecular flexibility index (Phi) is 3.15. The van der Waals surface area contributed by atoms with E-state index in [0.717, 1.165) is 37.6 Å². The first-order valence-electron chi connectivity index (χ1n) is 7.58. The summed E-state index contributed by atoms with van der Waals surface area (Å²) in [6, 6.07) is 6.37. The van der Waals surface area contributed by atoms with Crippen LogP contribution in [0.1, 0.15) is 18.4 Å². The van der Waals surface area contributed by atoms with Crippen molar-refractivity contribution >= 4 is 17.7 Å². The quantitative estimate of drug-likeness (QED) is 0.859. The van der Waals surface area contributed by atoms with Gasteiger partial charge >= 0.3 is 0 Å². The Morgan fingerprint density at radius 2 is 2.38 bits per heavy atom. The predicted octanol–water partition coefficient (Wildman–Crippen LogP) is 1.84. The van der Waals surface area contributed by atoms with Gasteiger partial charge in [-0.05, 0) is 30.7 Å². The molecule has 0 saturated carbocycles. The molecule has 0 radical (unpaired) electrons. The summed E-state index contributed by atoms with van der Waals surface area (Å²) in [5, 5.41) is 3.47. The Hall–Kier alpha value is -1.20. The van der Waals surface area contributed by atoms with Crippen LogP contribution in [0.25, 0.3) is 0 Å². The molecule has 1 spiro atoms. The lowest BCUT2D eigenvalue weighted by Gasteiger charge is -2.45. The minimum Gasteiger partial charge on any atom is -0.497 e. The van der Waals surface area contributed by atoms with E-state index in [2.05, 4.69) is 22.3 Å². The van der Waals surface area contributed by atoms with Crippen molar-refractivity contribution < 1.29 is 9.53 Å². The van der Waals surface area contributed by atoms with Crippen molar-refractivity contribution in [3.05, 3.63) is 23.8 Å². The van der Waals surface area contributed by atoms with E-state index in [4.69, 9.17) is 4.74 Å². The molecule has 1 amide bonds. The predicted molar refractivity (Wildman–Crippen MR) is 82.7 cm³/mol. The minimum atomic E-state index is -0.0898. The number of nitrogens with one attached hydrogen (secondary N) is 1. The zero-order valence-electron chi connectivity index (χ0n) is 12.2. The second-order valence-corrected chi connectivity index (χ2v) is 7.17. The number of hydrogen-bond acceptors (Lipinski definition) is 4. The van der Waals surface area contributed by atoms with Gasteiger partial charge in [-0.25, -0.2) is 0 Å². The Morgan fingerprint density at radius 3 is 3.24 bits per heavy atom. The fourth-order valence-electron chi connectivity index (χ4n) is 4.25. The maximum Gasteiger partial charge on any atom is 0.223 e. The average molecular weight is 304 g/mol. The normalized spacial score (nSPS) is 31.2. The lowest BCUT2D eigenvalue weighted by Crippen LogP contribution is -2.53. The van der Waals surface area contributed by atoms with E-state index in [-0.39, 0.29) is 5.54 Å². The highest BCUT2D eigenvalue weighted by molar-refractivity contribution is 7.99. The first-order valence-corrected chi connectivity index (χ1v) is 8.57. The molecule has 4 rings (SSSR count). The summed E-state index contributed by atoms with van der Waals surface area (Å²) in [5.74, 6) is 2.59.